The second kappa shape index (κ2) is 6.70. The van der Waals surface area contributed by atoms with Gasteiger partial charge in [0.05, 0.1) is 28.5 Å². The molecule has 0 spiro atoms. The molecule has 2 aromatic heterocycles. The normalized spacial score (nSPS) is 13.7. The fourth-order valence-electron chi connectivity index (χ4n) is 2.69. The Labute approximate surface area is 141 Å². The number of aryl methyl sites for hydroxylation is 4. The van der Waals surface area contributed by atoms with Gasteiger partial charge in [0.1, 0.15) is 0 Å². The third-order valence-electron chi connectivity index (χ3n) is 4.08. The Kier molecular flexibility index (Phi) is 5.09. The van der Waals surface area contributed by atoms with Gasteiger partial charge in [-0.25, -0.2) is 9.78 Å². The number of carbonyl (C=O) groups is 1. The van der Waals surface area contributed by atoms with E-state index < -0.39 is 0 Å². The van der Waals surface area contributed by atoms with Crippen LogP contribution < -0.4 is 5.32 Å². The van der Waals surface area contributed by atoms with Crippen molar-refractivity contribution in [2.45, 2.75) is 46.7 Å². The highest BCUT2D eigenvalue weighted by Crippen LogP contribution is 2.28. The Balaban J connectivity index is 2.07. The molecule has 7 heteroatoms. The molecular weight excluding hydrogens is 310 g/mol. The monoisotopic (exact) mass is 335 g/mol. The number of urea groups is 1. The average molecular weight is 335 g/mol. The molecule has 0 saturated heterocycles. The number of rotatable bonds is 4. The Hall–Kier alpha value is -1.89. The molecule has 1 N–H and O–H groups in total. The summed E-state index contributed by atoms with van der Waals surface area (Å²) in [5.41, 5.74) is 2.97. The van der Waals surface area contributed by atoms with Crippen molar-refractivity contribution < 1.29 is 4.79 Å². The minimum Gasteiger partial charge on any atom is -0.331 e. The zero-order valence-electron chi connectivity index (χ0n) is 14.8. The van der Waals surface area contributed by atoms with Gasteiger partial charge in [-0.15, -0.1) is 11.3 Å². The maximum Gasteiger partial charge on any atom is 0.318 e. The summed E-state index contributed by atoms with van der Waals surface area (Å²) in [5.74, 6) is 0. The largest absolute Gasteiger partial charge is 0.331 e. The molecule has 0 radical (unpaired) electrons. The van der Waals surface area contributed by atoms with Crippen molar-refractivity contribution in [1.82, 2.24) is 25.0 Å². The molecule has 0 aliphatic carbocycles. The number of aromatic nitrogens is 3. The van der Waals surface area contributed by atoms with E-state index in [4.69, 9.17) is 0 Å². The SMILES string of the molecule is Cc1nc(C)c(C(C)N(C)C(=O)NC(C)c2cn(C)nc2C)s1. The number of carbonyl (C=O) groups excluding carboxylic acids is 1. The second-order valence-corrected chi connectivity index (χ2v) is 7.22. The molecule has 0 bridgehead atoms. The van der Waals surface area contributed by atoms with Gasteiger partial charge in [0.2, 0.25) is 0 Å². The molecule has 2 unspecified atom stereocenters. The van der Waals surface area contributed by atoms with Gasteiger partial charge in [-0.05, 0) is 34.6 Å². The van der Waals surface area contributed by atoms with Crippen molar-refractivity contribution in [3.05, 3.63) is 33.0 Å². The lowest BCUT2D eigenvalue weighted by atomic mass is 10.1. The molecule has 0 aliphatic heterocycles. The highest BCUT2D eigenvalue weighted by molar-refractivity contribution is 7.11. The first-order valence-electron chi connectivity index (χ1n) is 7.68. The van der Waals surface area contributed by atoms with Crippen molar-refractivity contribution in [3.63, 3.8) is 0 Å². The molecule has 2 rings (SSSR count). The maximum atomic E-state index is 12.5. The summed E-state index contributed by atoms with van der Waals surface area (Å²) in [4.78, 5) is 19.8. The summed E-state index contributed by atoms with van der Waals surface area (Å²) in [6, 6.07) is -0.197. The highest BCUT2D eigenvalue weighted by atomic mass is 32.1. The minimum absolute atomic E-state index is 0.0107. The van der Waals surface area contributed by atoms with Crippen molar-refractivity contribution in [2.24, 2.45) is 7.05 Å². The first-order chi connectivity index (χ1) is 10.7. The first kappa shape index (κ1) is 17.5. The number of nitrogens with one attached hydrogen (secondary N) is 1. The molecule has 2 amide bonds. The average Bonchev–Trinajstić information content (AvgIpc) is 2.98. The highest BCUT2D eigenvalue weighted by Gasteiger charge is 2.23. The van der Waals surface area contributed by atoms with Crippen LogP contribution in [0.3, 0.4) is 0 Å². The van der Waals surface area contributed by atoms with Gasteiger partial charge in [-0.2, -0.15) is 5.10 Å². The van der Waals surface area contributed by atoms with Crippen LogP contribution in [0.15, 0.2) is 6.20 Å². The van der Waals surface area contributed by atoms with Crippen molar-refractivity contribution in [2.75, 3.05) is 7.05 Å². The molecule has 126 valence electrons. The number of nitrogens with zero attached hydrogens (tertiary/aromatic N) is 4. The molecule has 0 aromatic carbocycles. The third kappa shape index (κ3) is 3.72. The van der Waals surface area contributed by atoms with E-state index in [0.717, 1.165) is 26.8 Å². The number of hydrogen-bond donors (Lipinski definition) is 1. The Morgan fingerprint density at radius 1 is 1.30 bits per heavy atom. The van der Waals surface area contributed by atoms with Crippen molar-refractivity contribution >= 4 is 17.4 Å². The molecule has 6 nitrogen and oxygen atoms in total. The second-order valence-electron chi connectivity index (χ2n) is 5.98. The smallest absolute Gasteiger partial charge is 0.318 e. The van der Waals surface area contributed by atoms with E-state index in [1.54, 1.807) is 20.9 Å². The van der Waals surface area contributed by atoms with E-state index in [-0.39, 0.29) is 18.1 Å². The van der Waals surface area contributed by atoms with Crippen LogP contribution in [0.25, 0.3) is 0 Å². The molecule has 2 atom stereocenters. The van der Waals surface area contributed by atoms with Crippen molar-refractivity contribution in [1.29, 1.82) is 0 Å². The fourth-order valence-corrected chi connectivity index (χ4v) is 3.72. The van der Waals surface area contributed by atoms with E-state index in [1.165, 1.54) is 0 Å². The van der Waals surface area contributed by atoms with Crippen LogP contribution in [0.1, 0.15) is 52.8 Å². The van der Waals surface area contributed by atoms with E-state index in [0.29, 0.717) is 0 Å². The topological polar surface area (TPSA) is 63.1 Å². The zero-order chi connectivity index (χ0) is 17.3. The van der Waals surface area contributed by atoms with Gasteiger partial charge >= 0.3 is 6.03 Å². The summed E-state index contributed by atoms with van der Waals surface area (Å²) in [6.45, 7) is 9.93. The van der Waals surface area contributed by atoms with Crippen LogP contribution >= 0.6 is 11.3 Å². The number of thiazole rings is 1. The predicted molar refractivity (Wildman–Crippen MR) is 92.7 cm³/mol. The van der Waals surface area contributed by atoms with Gasteiger partial charge in [0, 0.05) is 30.7 Å². The third-order valence-corrected chi connectivity index (χ3v) is 5.32. The van der Waals surface area contributed by atoms with Crippen molar-refractivity contribution in [3.8, 4) is 0 Å². The number of amides is 2. The molecule has 0 aliphatic rings. The summed E-state index contributed by atoms with van der Waals surface area (Å²) in [7, 11) is 3.70. The Bertz CT molecular complexity index is 705. The van der Waals surface area contributed by atoms with Crippen LogP contribution in [0, 0.1) is 20.8 Å². The van der Waals surface area contributed by atoms with Gasteiger partial charge in [-0.1, -0.05) is 0 Å². The fraction of sp³-hybridized carbons (Fsp3) is 0.562. The predicted octanol–water partition coefficient (Wildman–Crippen LogP) is 3.27. The molecule has 2 aromatic rings. The molecular formula is C16H25N5OS. The van der Waals surface area contributed by atoms with E-state index in [2.05, 4.69) is 15.4 Å². The molecule has 0 fully saturated rings. The van der Waals surface area contributed by atoms with E-state index in [1.807, 2.05) is 54.9 Å². The van der Waals surface area contributed by atoms with Crippen LogP contribution in [0.4, 0.5) is 4.79 Å². The maximum absolute atomic E-state index is 12.5. The Morgan fingerprint density at radius 2 is 1.96 bits per heavy atom. The zero-order valence-corrected chi connectivity index (χ0v) is 15.7. The Morgan fingerprint density at radius 3 is 2.43 bits per heavy atom. The molecule has 0 saturated carbocycles. The van der Waals surface area contributed by atoms with Gasteiger partial charge in [-0.3, -0.25) is 4.68 Å². The summed E-state index contributed by atoms with van der Waals surface area (Å²) < 4.78 is 1.77. The summed E-state index contributed by atoms with van der Waals surface area (Å²) in [5, 5.41) is 8.40. The standard InChI is InChI=1S/C16H25N5OS/c1-9(14-8-20(6)19-10(14)2)18-16(22)21(7)12(4)15-11(3)17-13(5)23-15/h8-9,12H,1-7H3,(H,18,22). The lowest BCUT2D eigenvalue weighted by molar-refractivity contribution is 0.191. The van der Waals surface area contributed by atoms with Gasteiger partial charge < -0.3 is 10.2 Å². The number of hydrogen-bond acceptors (Lipinski definition) is 4. The van der Waals surface area contributed by atoms with Crippen LogP contribution in [-0.4, -0.2) is 32.7 Å². The minimum atomic E-state index is -0.0984. The molecule has 2 heterocycles. The first-order valence-corrected chi connectivity index (χ1v) is 8.49. The lowest BCUT2D eigenvalue weighted by Crippen LogP contribution is -2.40. The summed E-state index contributed by atoms with van der Waals surface area (Å²) in [6.07, 6.45) is 1.94. The van der Waals surface area contributed by atoms with E-state index >= 15 is 0 Å². The summed E-state index contributed by atoms with van der Waals surface area (Å²) >= 11 is 1.64. The lowest BCUT2D eigenvalue weighted by Gasteiger charge is -2.26. The van der Waals surface area contributed by atoms with E-state index in [9.17, 15) is 4.79 Å². The quantitative estimate of drug-likeness (QED) is 0.933. The van der Waals surface area contributed by atoms with Gasteiger partial charge in [0.15, 0.2) is 0 Å². The van der Waals surface area contributed by atoms with Gasteiger partial charge in [0.25, 0.3) is 0 Å². The molecule has 23 heavy (non-hydrogen) atoms. The van der Waals surface area contributed by atoms with Crippen LogP contribution in [-0.2, 0) is 7.05 Å². The van der Waals surface area contributed by atoms with Crippen LogP contribution in [0.5, 0.6) is 0 Å². The van der Waals surface area contributed by atoms with Crippen LogP contribution in [0.2, 0.25) is 0 Å².